The van der Waals surface area contributed by atoms with Crippen LogP contribution in [0.2, 0.25) is 0 Å². The molecule has 0 bridgehead atoms. The molecule has 0 aliphatic carbocycles. The lowest BCUT2D eigenvalue weighted by Crippen LogP contribution is -2.39. The molecule has 9 heteroatoms. The van der Waals surface area contributed by atoms with E-state index >= 15 is 0 Å². The van der Waals surface area contributed by atoms with Gasteiger partial charge in [-0.2, -0.15) is 0 Å². The molecule has 196 valence electrons. The standard InChI is InChI=1S/C30H24FN3O3S2/c1-4-37-29(36)26-17(2)32-30-34(27(26)19-10-12-20(31)13-11-19)28(35)25(39-30)16-18-9-14-22-24(15-18)38-23-8-6-5-7-21(23)33(22)3/h5-16,27H,4H2,1-3H3/b25-16+/t27-/m1/s1. The molecule has 6 nitrogen and oxygen atoms in total. The lowest BCUT2D eigenvalue weighted by Gasteiger charge is -2.29. The topological polar surface area (TPSA) is 63.9 Å². The molecular weight excluding hydrogens is 533 g/mol. The molecule has 0 saturated heterocycles. The minimum atomic E-state index is -0.771. The molecule has 0 unspecified atom stereocenters. The number of fused-ring (bicyclic) bond motifs is 3. The Morgan fingerprint density at radius 2 is 1.82 bits per heavy atom. The Labute approximate surface area is 232 Å². The summed E-state index contributed by atoms with van der Waals surface area (Å²) in [7, 11) is 2.05. The molecule has 0 amide bonds. The molecule has 0 spiro atoms. The van der Waals surface area contributed by atoms with E-state index < -0.39 is 17.8 Å². The third-order valence-corrected chi connectivity index (χ3v) is 8.89. The zero-order chi connectivity index (χ0) is 27.3. The summed E-state index contributed by atoms with van der Waals surface area (Å²) in [5.74, 6) is -0.943. The van der Waals surface area contributed by atoms with E-state index in [2.05, 4.69) is 34.2 Å². The molecule has 3 aromatic carbocycles. The van der Waals surface area contributed by atoms with Crippen LogP contribution in [0.15, 0.2) is 97.6 Å². The van der Waals surface area contributed by atoms with E-state index in [4.69, 9.17) is 4.74 Å². The van der Waals surface area contributed by atoms with Crippen LogP contribution in [-0.2, 0) is 9.53 Å². The van der Waals surface area contributed by atoms with Gasteiger partial charge in [0, 0.05) is 16.8 Å². The predicted octanol–water partition coefficient (Wildman–Crippen LogP) is 5.17. The maximum Gasteiger partial charge on any atom is 0.338 e. The molecular formula is C30H24FN3O3S2. The van der Waals surface area contributed by atoms with Gasteiger partial charge < -0.3 is 9.64 Å². The van der Waals surface area contributed by atoms with Crippen molar-refractivity contribution >= 4 is 46.5 Å². The lowest BCUT2D eigenvalue weighted by atomic mass is 9.96. The Hall–Kier alpha value is -3.95. The van der Waals surface area contributed by atoms with Gasteiger partial charge in [0.2, 0.25) is 0 Å². The summed E-state index contributed by atoms with van der Waals surface area (Å²) in [5.41, 5.74) is 4.23. The number of hydrogen-bond donors (Lipinski definition) is 0. The summed E-state index contributed by atoms with van der Waals surface area (Å²) >= 11 is 2.97. The van der Waals surface area contributed by atoms with Crippen LogP contribution in [0.4, 0.5) is 15.8 Å². The number of anilines is 2. The lowest BCUT2D eigenvalue weighted by molar-refractivity contribution is -0.139. The molecule has 6 rings (SSSR count). The maximum absolute atomic E-state index is 13.8. The molecule has 0 fully saturated rings. The number of nitrogens with zero attached hydrogens (tertiary/aromatic N) is 3. The molecule has 39 heavy (non-hydrogen) atoms. The van der Waals surface area contributed by atoms with Gasteiger partial charge >= 0.3 is 5.97 Å². The van der Waals surface area contributed by atoms with E-state index in [9.17, 15) is 14.0 Å². The van der Waals surface area contributed by atoms with Crippen molar-refractivity contribution in [1.29, 1.82) is 0 Å². The molecule has 1 atom stereocenters. The molecule has 0 saturated carbocycles. The van der Waals surface area contributed by atoms with Gasteiger partial charge in [0.1, 0.15) is 5.82 Å². The van der Waals surface area contributed by atoms with Crippen LogP contribution in [0.5, 0.6) is 0 Å². The number of thiazole rings is 1. The average Bonchev–Trinajstić information content (AvgIpc) is 3.22. The Bertz CT molecular complexity index is 1840. The summed E-state index contributed by atoms with van der Waals surface area (Å²) in [5, 5.41) is 0. The van der Waals surface area contributed by atoms with Crippen molar-refractivity contribution in [3.05, 3.63) is 115 Å². The number of benzene rings is 3. The van der Waals surface area contributed by atoms with Gasteiger partial charge in [0.15, 0.2) is 4.80 Å². The van der Waals surface area contributed by atoms with Crippen molar-refractivity contribution < 1.29 is 13.9 Å². The van der Waals surface area contributed by atoms with E-state index in [1.807, 2.05) is 31.3 Å². The van der Waals surface area contributed by atoms with Gasteiger partial charge in [0.05, 0.1) is 39.8 Å². The molecule has 0 N–H and O–H groups in total. The fourth-order valence-electron chi connectivity index (χ4n) is 4.95. The summed E-state index contributed by atoms with van der Waals surface area (Å²) < 4.78 is 21.1. The van der Waals surface area contributed by atoms with E-state index in [0.717, 1.165) is 21.8 Å². The van der Waals surface area contributed by atoms with Crippen molar-refractivity contribution in [2.24, 2.45) is 4.99 Å². The highest BCUT2D eigenvalue weighted by atomic mass is 32.2. The van der Waals surface area contributed by atoms with Gasteiger partial charge in [-0.3, -0.25) is 9.36 Å². The van der Waals surface area contributed by atoms with E-state index in [1.165, 1.54) is 32.9 Å². The SMILES string of the molecule is CCOC(=O)C1=C(C)N=c2s/c(=C/c3ccc4c(c3)Sc3ccccc3N4C)c(=O)n2[C@@H]1c1ccc(F)cc1. The first-order valence-electron chi connectivity index (χ1n) is 12.5. The number of rotatable bonds is 4. The Kier molecular flexibility index (Phi) is 6.48. The monoisotopic (exact) mass is 557 g/mol. The van der Waals surface area contributed by atoms with Crippen LogP contribution in [0, 0.1) is 5.82 Å². The van der Waals surface area contributed by atoms with Crippen LogP contribution in [-0.4, -0.2) is 24.2 Å². The number of esters is 1. The predicted molar refractivity (Wildman–Crippen MR) is 152 cm³/mol. The van der Waals surface area contributed by atoms with Gasteiger partial charge in [0.25, 0.3) is 5.56 Å². The number of carbonyl (C=O) groups is 1. The normalized spacial score (nSPS) is 16.4. The fraction of sp³-hybridized carbons (Fsp3) is 0.167. The highest BCUT2D eigenvalue weighted by Crippen LogP contribution is 2.47. The van der Waals surface area contributed by atoms with Gasteiger partial charge in [-0.25, -0.2) is 14.2 Å². The van der Waals surface area contributed by atoms with Gasteiger partial charge in [-0.1, -0.05) is 53.4 Å². The van der Waals surface area contributed by atoms with E-state index in [0.29, 0.717) is 20.6 Å². The number of para-hydroxylation sites is 1. The van der Waals surface area contributed by atoms with Crippen LogP contribution in [0.3, 0.4) is 0 Å². The van der Waals surface area contributed by atoms with Crippen LogP contribution < -0.4 is 19.8 Å². The maximum atomic E-state index is 13.8. The minimum absolute atomic E-state index is 0.187. The van der Waals surface area contributed by atoms with Gasteiger partial charge in [-0.15, -0.1) is 0 Å². The highest BCUT2D eigenvalue weighted by molar-refractivity contribution is 7.99. The number of aromatic nitrogens is 1. The molecule has 2 aliphatic rings. The smallest absolute Gasteiger partial charge is 0.338 e. The zero-order valence-corrected chi connectivity index (χ0v) is 23.1. The second kappa shape index (κ2) is 9.98. The first-order valence-corrected chi connectivity index (χ1v) is 14.1. The average molecular weight is 558 g/mol. The van der Waals surface area contributed by atoms with Crippen molar-refractivity contribution in [1.82, 2.24) is 4.57 Å². The summed E-state index contributed by atoms with van der Waals surface area (Å²) in [6, 6.07) is 19.4. The summed E-state index contributed by atoms with van der Waals surface area (Å²) in [6.45, 7) is 3.64. The third kappa shape index (κ3) is 4.41. The fourth-order valence-corrected chi connectivity index (χ4v) is 7.20. The Morgan fingerprint density at radius 1 is 1.08 bits per heavy atom. The number of hydrogen-bond acceptors (Lipinski definition) is 7. The van der Waals surface area contributed by atoms with Crippen molar-refractivity contribution in [2.75, 3.05) is 18.6 Å². The van der Waals surface area contributed by atoms with E-state index in [-0.39, 0.29) is 17.7 Å². The first-order chi connectivity index (χ1) is 18.9. The van der Waals surface area contributed by atoms with Crippen molar-refractivity contribution in [3.63, 3.8) is 0 Å². The quantitative estimate of drug-likeness (QED) is 0.324. The minimum Gasteiger partial charge on any atom is -0.463 e. The molecule has 1 aromatic heterocycles. The number of ether oxygens (including phenoxy) is 1. The highest BCUT2D eigenvalue weighted by Gasteiger charge is 2.33. The van der Waals surface area contributed by atoms with Crippen LogP contribution >= 0.6 is 23.1 Å². The van der Waals surface area contributed by atoms with E-state index in [1.54, 1.807) is 37.7 Å². The third-order valence-electron chi connectivity index (χ3n) is 6.79. The van der Waals surface area contributed by atoms with Crippen LogP contribution in [0.25, 0.3) is 6.08 Å². The second-order valence-electron chi connectivity index (χ2n) is 9.21. The van der Waals surface area contributed by atoms with Crippen molar-refractivity contribution in [3.8, 4) is 0 Å². The Balaban J connectivity index is 1.47. The largest absolute Gasteiger partial charge is 0.463 e. The van der Waals surface area contributed by atoms with Crippen LogP contribution in [0.1, 0.15) is 31.0 Å². The number of halogens is 1. The number of allylic oxidation sites excluding steroid dienone is 1. The molecule has 4 aromatic rings. The first kappa shape index (κ1) is 25.3. The zero-order valence-electron chi connectivity index (χ0n) is 21.5. The summed E-state index contributed by atoms with van der Waals surface area (Å²) in [4.78, 5) is 36.3. The summed E-state index contributed by atoms with van der Waals surface area (Å²) in [6.07, 6.45) is 1.86. The van der Waals surface area contributed by atoms with Gasteiger partial charge in [-0.05, 0) is 67.4 Å². The number of carbonyl (C=O) groups excluding carboxylic acids is 1. The molecule has 2 aliphatic heterocycles. The Morgan fingerprint density at radius 3 is 2.59 bits per heavy atom. The van der Waals surface area contributed by atoms with Crippen molar-refractivity contribution in [2.45, 2.75) is 29.7 Å². The molecule has 3 heterocycles. The molecule has 0 radical (unpaired) electrons. The second-order valence-corrected chi connectivity index (χ2v) is 11.3.